The van der Waals surface area contributed by atoms with Gasteiger partial charge in [0.25, 0.3) is 5.91 Å². The summed E-state index contributed by atoms with van der Waals surface area (Å²) < 4.78 is 0. The predicted octanol–water partition coefficient (Wildman–Crippen LogP) is 2.69. The van der Waals surface area contributed by atoms with E-state index < -0.39 is 0 Å². The maximum atomic E-state index is 12.5. The molecule has 1 N–H and O–H groups in total. The highest BCUT2D eigenvalue weighted by Crippen LogP contribution is 2.46. The van der Waals surface area contributed by atoms with Crippen LogP contribution < -0.4 is 10.9 Å². The maximum Gasteiger partial charge on any atom is 0.265 e. The van der Waals surface area contributed by atoms with Crippen molar-refractivity contribution in [3.63, 3.8) is 0 Å². The summed E-state index contributed by atoms with van der Waals surface area (Å²) in [7, 11) is 0. The second-order valence-electron chi connectivity index (χ2n) is 7.44. The first-order valence-electron chi connectivity index (χ1n) is 9.14. The van der Waals surface area contributed by atoms with E-state index in [1.54, 1.807) is 0 Å². The van der Waals surface area contributed by atoms with Crippen LogP contribution in [0.2, 0.25) is 0 Å². The molecule has 0 aromatic heterocycles. The summed E-state index contributed by atoms with van der Waals surface area (Å²) in [5.41, 5.74) is 6.40. The summed E-state index contributed by atoms with van der Waals surface area (Å²) in [6, 6.07) is 2.44. The summed E-state index contributed by atoms with van der Waals surface area (Å²) in [6.45, 7) is 0. The Bertz CT molecular complexity index is 493. The van der Waals surface area contributed by atoms with Crippen LogP contribution in [0.4, 0.5) is 0 Å². The minimum Gasteiger partial charge on any atom is -0.273 e. The molecule has 0 saturated heterocycles. The molecule has 1 radical (unpaired) electrons. The standard InChI is InChI=1S/C18H26N3O2/c19-11-13-9-10-16(15-8-4-3-7-14(13)15)18(23)21-20-17(22)12-5-1-2-6-12/h12-16H,1-10H2,(H,21,23). The van der Waals surface area contributed by atoms with Crippen molar-refractivity contribution in [2.45, 2.75) is 64.2 Å². The Kier molecular flexibility index (Phi) is 5.20. The zero-order valence-electron chi connectivity index (χ0n) is 13.7. The third-order valence-corrected chi connectivity index (χ3v) is 6.18. The number of carbonyl (C=O) groups excluding carboxylic acids is 2. The topological polar surface area (TPSA) is 84.1 Å². The summed E-state index contributed by atoms with van der Waals surface area (Å²) in [5, 5.41) is 9.34. The van der Waals surface area contributed by atoms with Crippen LogP contribution in [-0.2, 0) is 9.59 Å². The zero-order valence-corrected chi connectivity index (χ0v) is 13.7. The Labute approximate surface area is 138 Å². The number of nitrogens with zero attached hydrogens (tertiary/aromatic N) is 2. The van der Waals surface area contributed by atoms with Gasteiger partial charge in [0.05, 0.1) is 6.07 Å². The molecule has 23 heavy (non-hydrogen) atoms. The second-order valence-corrected chi connectivity index (χ2v) is 7.44. The van der Waals surface area contributed by atoms with E-state index in [4.69, 9.17) is 0 Å². The maximum absolute atomic E-state index is 12.5. The third kappa shape index (κ3) is 3.52. The van der Waals surface area contributed by atoms with Crippen LogP contribution >= 0.6 is 0 Å². The van der Waals surface area contributed by atoms with Gasteiger partial charge in [-0.3, -0.25) is 9.59 Å². The number of nitriles is 1. The highest BCUT2D eigenvalue weighted by Gasteiger charge is 2.43. The van der Waals surface area contributed by atoms with Crippen LogP contribution in [0.15, 0.2) is 0 Å². The normalized spacial score (nSPS) is 34.2. The number of hydrogen-bond acceptors (Lipinski definition) is 3. The molecule has 0 aromatic carbocycles. The minimum atomic E-state index is -0.165. The number of nitrogens with one attached hydrogen (secondary N) is 1. The molecule has 4 unspecified atom stereocenters. The van der Waals surface area contributed by atoms with Crippen LogP contribution in [0.25, 0.3) is 0 Å². The van der Waals surface area contributed by atoms with E-state index in [-0.39, 0.29) is 29.6 Å². The summed E-state index contributed by atoms with van der Waals surface area (Å²) in [4.78, 5) is 24.5. The molecule has 0 aliphatic heterocycles. The van der Waals surface area contributed by atoms with Gasteiger partial charge in [0.1, 0.15) is 0 Å². The van der Waals surface area contributed by atoms with Crippen LogP contribution in [0, 0.1) is 40.9 Å². The monoisotopic (exact) mass is 316 g/mol. The van der Waals surface area contributed by atoms with Crippen molar-refractivity contribution in [3.05, 3.63) is 0 Å². The first-order chi connectivity index (χ1) is 11.2. The Morgan fingerprint density at radius 1 is 0.913 bits per heavy atom. The van der Waals surface area contributed by atoms with Crippen LogP contribution in [0.3, 0.4) is 0 Å². The molecule has 125 valence electrons. The number of fused-ring (bicyclic) bond motifs is 1. The SMILES string of the molecule is N#CC1CCC(C(=O)N[N]C(=O)C2CCCC2)C2CCCCC12. The van der Waals surface area contributed by atoms with E-state index in [1.807, 2.05) is 0 Å². The lowest BCUT2D eigenvalue weighted by Crippen LogP contribution is -2.47. The van der Waals surface area contributed by atoms with E-state index in [9.17, 15) is 14.9 Å². The smallest absolute Gasteiger partial charge is 0.265 e. The largest absolute Gasteiger partial charge is 0.273 e. The van der Waals surface area contributed by atoms with Crippen molar-refractivity contribution in [3.8, 4) is 6.07 Å². The molecule has 3 fully saturated rings. The molecule has 5 heteroatoms. The van der Waals surface area contributed by atoms with Gasteiger partial charge in [-0.05, 0) is 50.4 Å². The molecule has 2 amide bonds. The van der Waals surface area contributed by atoms with E-state index in [0.717, 1.165) is 64.2 Å². The second kappa shape index (κ2) is 7.33. The molecule has 0 bridgehead atoms. The number of carbonyl (C=O) groups is 2. The molecule has 4 atom stereocenters. The van der Waals surface area contributed by atoms with Gasteiger partial charge < -0.3 is 0 Å². The Morgan fingerprint density at radius 2 is 1.57 bits per heavy atom. The molecule has 0 aromatic rings. The van der Waals surface area contributed by atoms with Gasteiger partial charge >= 0.3 is 0 Å². The molecule has 3 aliphatic rings. The Balaban J connectivity index is 1.56. The summed E-state index contributed by atoms with van der Waals surface area (Å²) in [6.07, 6.45) is 9.91. The number of rotatable bonds is 2. The highest BCUT2D eigenvalue weighted by atomic mass is 16.2. The van der Waals surface area contributed by atoms with Crippen molar-refractivity contribution in [2.75, 3.05) is 0 Å². The third-order valence-electron chi connectivity index (χ3n) is 6.18. The van der Waals surface area contributed by atoms with Gasteiger partial charge in [0, 0.05) is 17.8 Å². The van der Waals surface area contributed by atoms with Gasteiger partial charge in [0.2, 0.25) is 5.91 Å². The van der Waals surface area contributed by atoms with Gasteiger partial charge in [-0.1, -0.05) is 25.7 Å². The van der Waals surface area contributed by atoms with Gasteiger partial charge in [-0.2, -0.15) is 5.26 Å². The van der Waals surface area contributed by atoms with Crippen LogP contribution in [0.5, 0.6) is 0 Å². The van der Waals surface area contributed by atoms with E-state index in [1.165, 1.54) is 0 Å². The van der Waals surface area contributed by atoms with Crippen molar-refractivity contribution in [1.82, 2.24) is 10.9 Å². The average molecular weight is 316 g/mol. The Morgan fingerprint density at radius 3 is 2.26 bits per heavy atom. The fourth-order valence-electron chi connectivity index (χ4n) is 4.92. The lowest BCUT2D eigenvalue weighted by Gasteiger charge is -2.42. The van der Waals surface area contributed by atoms with Crippen molar-refractivity contribution in [1.29, 1.82) is 5.26 Å². The molecular formula is C18H26N3O2. The van der Waals surface area contributed by atoms with Crippen molar-refractivity contribution >= 4 is 11.8 Å². The lowest BCUT2D eigenvalue weighted by atomic mass is 9.61. The molecule has 3 rings (SSSR count). The minimum absolute atomic E-state index is 0.00653. The van der Waals surface area contributed by atoms with Crippen LogP contribution in [0.1, 0.15) is 64.2 Å². The highest BCUT2D eigenvalue weighted by molar-refractivity contribution is 5.84. The molecular weight excluding hydrogens is 290 g/mol. The lowest BCUT2D eigenvalue weighted by molar-refractivity contribution is -0.136. The van der Waals surface area contributed by atoms with Gasteiger partial charge in [0.15, 0.2) is 0 Å². The first kappa shape index (κ1) is 16.3. The average Bonchev–Trinajstić information content (AvgIpc) is 3.13. The molecule has 0 heterocycles. The van der Waals surface area contributed by atoms with E-state index >= 15 is 0 Å². The van der Waals surface area contributed by atoms with E-state index in [2.05, 4.69) is 16.9 Å². The van der Waals surface area contributed by atoms with Gasteiger partial charge in [-0.15, -0.1) is 5.43 Å². The molecule has 3 saturated carbocycles. The van der Waals surface area contributed by atoms with Crippen LogP contribution in [-0.4, -0.2) is 11.8 Å². The molecule has 0 spiro atoms. The number of amides is 2. The quantitative estimate of drug-likeness (QED) is 0.795. The Hall–Kier alpha value is -1.57. The molecule has 3 aliphatic carbocycles. The fourth-order valence-corrected chi connectivity index (χ4v) is 4.92. The van der Waals surface area contributed by atoms with E-state index in [0.29, 0.717) is 11.8 Å². The number of hydrogen-bond donors (Lipinski definition) is 1. The zero-order chi connectivity index (χ0) is 16.2. The first-order valence-corrected chi connectivity index (χ1v) is 9.14. The molecule has 5 nitrogen and oxygen atoms in total. The summed E-state index contributed by atoms with van der Waals surface area (Å²) in [5.74, 6) is 0.396. The summed E-state index contributed by atoms with van der Waals surface area (Å²) >= 11 is 0. The predicted molar refractivity (Wildman–Crippen MR) is 84.5 cm³/mol. The van der Waals surface area contributed by atoms with Crippen molar-refractivity contribution in [2.24, 2.45) is 29.6 Å². The van der Waals surface area contributed by atoms with Gasteiger partial charge in [-0.25, -0.2) is 5.43 Å². The van der Waals surface area contributed by atoms with Crippen molar-refractivity contribution < 1.29 is 9.59 Å². The fraction of sp³-hybridized carbons (Fsp3) is 0.833.